The van der Waals surface area contributed by atoms with Crippen LogP contribution in [-0.4, -0.2) is 75.4 Å². The first-order valence-corrected chi connectivity index (χ1v) is 17.9. The quantitative estimate of drug-likeness (QED) is 0.367. The van der Waals surface area contributed by atoms with E-state index in [0.717, 1.165) is 53.4 Å². The van der Waals surface area contributed by atoms with Crippen molar-refractivity contribution in [3.05, 3.63) is 58.7 Å². The van der Waals surface area contributed by atoms with E-state index >= 15 is 0 Å². The molecule has 6 rings (SSSR count). The molecular weight excluding hydrogens is 630 g/mol. The number of rotatable bonds is 5. The Kier molecular flexibility index (Phi) is 9.67. The van der Waals surface area contributed by atoms with Crippen molar-refractivity contribution in [2.45, 2.75) is 77.4 Å². The molecule has 0 radical (unpaired) electrons. The van der Waals surface area contributed by atoms with Crippen LogP contribution < -0.4 is 14.6 Å². The largest absolute Gasteiger partial charge is 0.497 e. The van der Waals surface area contributed by atoms with Crippen molar-refractivity contribution in [3.8, 4) is 17.0 Å². The number of nitrogens with two attached hydrogens (primary N) is 1. The number of methoxy groups -OCH3 is 1. The number of ether oxygens (including phenoxy) is 2. The summed E-state index contributed by atoms with van der Waals surface area (Å²) < 4.78 is 27.3. The molecule has 12 heteroatoms. The third-order valence-electron chi connectivity index (χ3n) is 9.45. The molecule has 1 saturated heterocycles. The highest BCUT2D eigenvalue weighted by Gasteiger charge is 2.33. The zero-order chi connectivity index (χ0) is 34.2. The highest BCUT2D eigenvalue weighted by atomic mass is 32.2. The van der Waals surface area contributed by atoms with Crippen LogP contribution in [0.5, 0.6) is 5.75 Å². The number of aromatic nitrogens is 1. The molecule has 1 atom stereocenters. The fraction of sp³-hybridized carbons (Fsp3) is 0.472. The lowest BCUT2D eigenvalue weighted by atomic mass is 9.81. The van der Waals surface area contributed by atoms with E-state index in [-0.39, 0.29) is 18.5 Å². The van der Waals surface area contributed by atoms with Gasteiger partial charge in [0.15, 0.2) is 11.2 Å². The van der Waals surface area contributed by atoms with Crippen LogP contribution in [0.4, 0.5) is 4.79 Å². The standard InChI is InChI=1S/C36H45N5O6S/c1-36(2,3)47-35(44)40-16-8-15-39(17-18-40)34(43)26-19-25-20-27(46-4)12-14-28(25)32-31(23-9-6-5-7-10-23)29-13-11-24(33(42)38-48(37)45)21-30(29)41(32)22-26/h11-14,19-21,23H,5-10,15-18,22,37H2,1-4H3,(H,38,42). The molecule has 3 aromatic rings. The first kappa shape index (κ1) is 33.7. The third-order valence-corrected chi connectivity index (χ3v) is 9.84. The second kappa shape index (κ2) is 13.8. The molecule has 2 aliphatic heterocycles. The van der Waals surface area contributed by atoms with Crippen molar-refractivity contribution in [1.29, 1.82) is 0 Å². The molecule has 1 unspecified atom stereocenters. The molecular formula is C36H45N5O6S. The van der Waals surface area contributed by atoms with Gasteiger partial charge >= 0.3 is 6.09 Å². The monoisotopic (exact) mass is 675 g/mol. The van der Waals surface area contributed by atoms with E-state index in [2.05, 4.69) is 15.4 Å². The van der Waals surface area contributed by atoms with E-state index in [1.807, 2.05) is 56.0 Å². The van der Waals surface area contributed by atoms with Crippen molar-refractivity contribution in [2.24, 2.45) is 5.14 Å². The highest BCUT2D eigenvalue weighted by Crippen LogP contribution is 2.47. The molecule has 1 aromatic heterocycles. The number of benzene rings is 2. The first-order chi connectivity index (χ1) is 22.9. The maximum absolute atomic E-state index is 14.4. The van der Waals surface area contributed by atoms with Crippen LogP contribution in [0, 0.1) is 0 Å². The number of amides is 3. The van der Waals surface area contributed by atoms with Crippen LogP contribution in [-0.2, 0) is 27.2 Å². The summed E-state index contributed by atoms with van der Waals surface area (Å²) in [7, 11) is 1.63. The van der Waals surface area contributed by atoms with E-state index in [9.17, 15) is 18.6 Å². The Morgan fingerprint density at radius 3 is 2.38 bits per heavy atom. The Hall–Kier alpha value is -4.16. The molecule has 48 heavy (non-hydrogen) atoms. The Labute approximate surface area is 284 Å². The summed E-state index contributed by atoms with van der Waals surface area (Å²) in [4.78, 5) is 43.7. The summed E-state index contributed by atoms with van der Waals surface area (Å²) in [5.41, 5.74) is 5.32. The number of nitrogens with one attached hydrogen (secondary N) is 1. The molecule has 256 valence electrons. The second-order valence-corrected chi connectivity index (χ2v) is 14.7. The summed E-state index contributed by atoms with van der Waals surface area (Å²) in [6.07, 6.45) is 7.85. The molecule has 3 amide bonds. The van der Waals surface area contributed by atoms with Gasteiger partial charge in [-0.3, -0.25) is 14.3 Å². The lowest BCUT2D eigenvalue weighted by Crippen LogP contribution is -2.40. The predicted octanol–water partition coefficient (Wildman–Crippen LogP) is 5.50. The fourth-order valence-corrected chi connectivity index (χ4v) is 7.60. The maximum Gasteiger partial charge on any atom is 0.410 e. The van der Waals surface area contributed by atoms with Gasteiger partial charge in [-0.15, -0.1) is 0 Å². The van der Waals surface area contributed by atoms with Gasteiger partial charge in [-0.05, 0) is 93.5 Å². The van der Waals surface area contributed by atoms with E-state index in [0.29, 0.717) is 55.4 Å². The molecule has 3 aliphatic rings. The second-order valence-electron chi connectivity index (χ2n) is 13.9. The zero-order valence-electron chi connectivity index (χ0n) is 28.2. The number of fused-ring (bicyclic) bond motifs is 5. The minimum absolute atomic E-state index is 0.101. The fourth-order valence-electron chi connectivity index (χ4n) is 7.30. The Morgan fingerprint density at radius 2 is 1.67 bits per heavy atom. The molecule has 2 fully saturated rings. The van der Waals surface area contributed by atoms with Gasteiger partial charge in [-0.2, -0.15) is 0 Å². The van der Waals surface area contributed by atoms with Crippen LogP contribution in [0.25, 0.3) is 28.2 Å². The smallest absolute Gasteiger partial charge is 0.410 e. The number of hydrogen-bond acceptors (Lipinski definition) is 6. The number of nitrogens with zero attached hydrogens (tertiary/aromatic N) is 3. The van der Waals surface area contributed by atoms with E-state index in [4.69, 9.17) is 14.6 Å². The SMILES string of the molecule is COc1ccc2c(c1)C=C(C(=O)N1CCCN(C(=O)OC(C)(C)C)CC1)Cn1c-2c(C2CCCCC2)c2ccc(C(=O)NS(N)=O)cc21. The van der Waals surface area contributed by atoms with Crippen molar-refractivity contribution >= 4 is 46.1 Å². The van der Waals surface area contributed by atoms with Gasteiger partial charge in [0, 0.05) is 53.8 Å². The molecule has 11 nitrogen and oxygen atoms in total. The summed E-state index contributed by atoms with van der Waals surface area (Å²) in [6, 6.07) is 11.5. The first-order valence-electron chi connectivity index (χ1n) is 16.7. The van der Waals surface area contributed by atoms with Crippen molar-refractivity contribution < 1.29 is 28.1 Å². The summed E-state index contributed by atoms with van der Waals surface area (Å²) in [5, 5.41) is 6.43. The molecule has 1 aliphatic carbocycles. The van der Waals surface area contributed by atoms with Crippen molar-refractivity contribution in [3.63, 3.8) is 0 Å². The summed E-state index contributed by atoms with van der Waals surface area (Å²) in [6.45, 7) is 7.60. The van der Waals surface area contributed by atoms with Gasteiger partial charge in [0.25, 0.3) is 11.8 Å². The Morgan fingerprint density at radius 1 is 0.938 bits per heavy atom. The normalized spacial score (nSPS) is 17.8. The number of hydrogen-bond donors (Lipinski definition) is 2. The molecule has 1 saturated carbocycles. The molecule has 2 aromatic carbocycles. The lowest BCUT2D eigenvalue weighted by molar-refractivity contribution is -0.127. The highest BCUT2D eigenvalue weighted by molar-refractivity contribution is 7.81. The molecule has 0 bridgehead atoms. The van der Waals surface area contributed by atoms with Gasteiger partial charge in [0.1, 0.15) is 11.4 Å². The van der Waals surface area contributed by atoms with Crippen LogP contribution in [0.2, 0.25) is 0 Å². The number of carbonyl (C=O) groups is 3. The van der Waals surface area contributed by atoms with Crippen molar-refractivity contribution in [1.82, 2.24) is 19.1 Å². The van der Waals surface area contributed by atoms with Crippen LogP contribution in [0.15, 0.2) is 42.0 Å². The third kappa shape index (κ3) is 7.00. The lowest BCUT2D eigenvalue weighted by Gasteiger charge is -2.26. The van der Waals surface area contributed by atoms with Gasteiger partial charge in [0.2, 0.25) is 0 Å². The number of carbonyl (C=O) groups excluding carboxylic acids is 3. The zero-order valence-corrected chi connectivity index (χ0v) is 29.0. The van der Waals surface area contributed by atoms with Crippen LogP contribution >= 0.6 is 0 Å². The van der Waals surface area contributed by atoms with Gasteiger partial charge in [-0.1, -0.05) is 25.3 Å². The Bertz CT molecular complexity index is 1800. The molecule has 3 heterocycles. The van der Waals surface area contributed by atoms with Crippen LogP contribution in [0.1, 0.15) is 86.7 Å². The average Bonchev–Trinajstić information content (AvgIpc) is 3.19. The van der Waals surface area contributed by atoms with E-state index < -0.39 is 22.7 Å². The summed E-state index contributed by atoms with van der Waals surface area (Å²) >= 11 is -2.00. The van der Waals surface area contributed by atoms with Gasteiger partial charge in [0.05, 0.1) is 19.3 Å². The van der Waals surface area contributed by atoms with Crippen molar-refractivity contribution in [2.75, 3.05) is 33.3 Å². The molecule has 0 spiro atoms. The molecule has 3 N–H and O–H groups in total. The van der Waals surface area contributed by atoms with Gasteiger partial charge in [-0.25, -0.2) is 14.1 Å². The predicted molar refractivity (Wildman–Crippen MR) is 187 cm³/mol. The van der Waals surface area contributed by atoms with Gasteiger partial charge < -0.3 is 23.8 Å². The van der Waals surface area contributed by atoms with Crippen LogP contribution in [0.3, 0.4) is 0 Å². The minimum Gasteiger partial charge on any atom is -0.497 e. The maximum atomic E-state index is 14.4. The topological polar surface area (TPSA) is 136 Å². The van der Waals surface area contributed by atoms with E-state index in [1.54, 1.807) is 18.1 Å². The summed E-state index contributed by atoms with van der Waals surface area (Å²) in [5.74, 6) is 0.385. The van der Waals surface area contributed by atoms with E-state index in [1.165, 1.54) is 12.0 Å². The minimum atomic E-state index is -2.00. The average molecular weight is 676 g/mol. The Balaban J connectivity index is 1.44.